The molecule has 0 heterocycles. The highest BCUT2D eigenvalue weighted by molar-refractivity contribution is 5.76. The molecule has 0 spiro atoms. The Bertz CT molecular complexity index is 417. The van der Waals surface area contributed by atoms with Crippen LogP contribution in [0.5, 0.6) is 0 Å². The van der Waals surface area contributed by atoms with Crippen LogP contribution in [0.2, 0.25) is 0 Å². The predicted octanol–water partition coefficient (Wildman–Crippen LogP) is 3.01. The molecular weight excluding hydrogens is 255 g/mol. The van der Waals surface area contributed by atoms with Crippen LogP contribution >= 0.6 is 0 Å². The van der Waals surface area contributed by atoms with Crippen molar-refractivity contribution in [2.75, 3.05) is 6.54 Å². The van der Waals surface area contributed by atoms with Gasteiger partial charge in [0.05, 0.1) is 6.04 Å². The lowest BCUT2D eigenvalue weighted by Gasteiger charge is -2.19. The number of benzene rings is 1. The van der Waals surface area contributed by atoms with E-state index in [9.17, 15) is 9.18 Å². The largest absolute Gasteiger partial charge is 0.350 e. The second-order valence-electron chi connectivity index (χ2n) is 5.78. The molecule has 4 heteroatoms. The van der Waals surface area contributed by atoms with Crippen LogP contribution in [0, 0.1) is 17.7 Å². The zero-order valence-corrected chi connectivity index (χ0v) is 12.5. The Hall–Kier alpha value is -1.42. The standard InChI is InChI=1S/C16H25FN2O/c1-11(2)8-13(10-18)9-16(20)19-12(3)14-4-6-15(17)7-5-14/h4-7,11-13H,8-10,18H2,1-3H3,(H,19,20)/t12-,13?/m1/s1. The Labute approximate surface area is 120 Å². The maximum Gasteiger partial charge on any atom is 0.220 e. The van der Waals surface area contributed by atoms with E-state index in [2.05, 4.69) is 19.2 Å². The molecular formula is C16H25FN2O. The maximum absolute atomic E-state index is 12.9. The zero-order valence-electron chi connectivity index (χ0n) is 12.5. The monoisotopic (exact) mass is 280 g/mol. The van der Waals surface area contributed by atoms with Gasteiger partial charge in [0.2, 0.25) is 5.91 Å². The summed E-state index contributed by atoms with van der Waals surface area (Å²) < 4.78 is 12.9. The van der Waals surface area contributed by atoms with Crippen molar-refractivity contribution in [3.8, 4) is 0 Å². The van der Waals surface area contributed by atoms with Crippen LogP contribution in [0.4, 0.5) is 4.39 Å². The lowest BCUT2D eigenvalue weighted by Crippen LogP contribution is -2.30. The Balaban J connectivity index is 2.50. The molecule has 1 unspecified atom stereocenters. The van der Waals surface area contributed by atoms with E-state index in [0.717, 1.165) is 12.0 Å². The Morgan fingerprint density at radius 3 is 2.35 bits per heavy atom. The van der Waals surface area contributed by atoms with Gasteiger partial charge in [-0.2, -0.15) is 0 Å². The van der Waals surface area contributed by atoms with E-state index >= 15 is 0 Å². The van der Waals surface area contributed by atoms with Crippen LogP contribution in [0.15, 0.2) is 24.3 Å². The lowest BCUT2D eigenvalue weighted by molar-refractivity contribution is -0.122. The summed E-state index contributed by atoms with van der Waals surface area (Å²) in [5, 5.41) is 2.94. The fourth-order valence-corrected chi connectivity index (χ4v) is 2.33. The molecule has 2 atom stereocenters. The molecule has 0 aromatic heterocycles. The first kappa shape index (κ1) is 16.6. The summed E-state index contributed by atoms with van der Waals surface area (Å²) in [5.41, 5.74) is 6.60. The molecule has 3 N–H and O–H groups in total. The van der Waals surface area contributed by atoms with Crippen molar-refractivity contribution in [1.82, 2.24) is 5.32 Å². The summed E-state index contributed by atoms with van der Waals surface area (Å²) in [5.74, 6) is 0.478. The summed E-state index contributed by atoms with van der Waals surface area (Å²) in [4.78, 5) is 12.0. The Kier molecular flexibility index (Phi) is 6.65. The molecule has 3 nitrogen and oxygen atoms in total. The zero-order chi connectivity index (χ0) is 15.1. The van der Waals surface area contributed by atoms with Gasteiger partial charge < -0.3 is 11.1 Å². The van der Waals surface area contributed by atoms with Gasteiger partial charge in [-0.05, 0) is 49.4 Å². The van der Waals surface area contributed by atoms with Crippen LogP contribution in [0.1, 0.15) is 45.2 Å². The third-order valence-electron chi connectivity index (χ3n) is 3.36. The molecule has 0 saturated carbocycles. The second kappa shape index (κ2) is 8.00. The molecule has 0 fully saturated rings. The van der Waals surface area contributed by atoms with Crippen molar-refractivity contribution >= 4 is 5.91 Å². The van der Waals surface area contributed by atoms with Gasteiger partial charge >= 0.3 is 0 Å². The van der Waals surface area contributed by atoms with Gasteiger partial charge in [-0.1, -0.05) is 26.0 Å². The SMILES string of the molecule is CC(C)CC(CN)CC(=O)N[C@H](C)c1ccc(F)cc1. The molecule has 1 amide bonds. The number of hydrogen-bond donors (Lipinski definition) is 2. The molecule has 0 aliphatic carbocycles. The predicted molar refractivity (Wildman–Crippen MR) is 79.6 cm³/mol. The molecule has 0 bridgehead atoms. The van der Waals surface area contributed by atoms with Crippen LogP contribution in [0.3, 0.4) is 0 Å². The maximum atomic E-state index is 12.9. The van der Waals surface area contributed by atoms with Crippen molar-refractivity contribution in [2.24, 2.45) is 17.6 Å². The normalized spacial score (nSPS) is 14.1. The Morgan fingerprint density at radius 2 is 1.85 bits per heavy atom. The van der Waals surface area contributed by atoms with Crippen molar-refractivity contribution < 1.29 is 9.18 Å². The van der Waals surface area contributed by atoms with Gasteiger partial charge in [0.1, 0.15) is 5.82 Å². The van der Waals surface area contributed by atoms with Crippen molar-refractivity contribution in [2.45, 2.75) is 39.7 Å². The number of nitrogens with one attached hydrogen (secondary N) is 1. The molecule has 20 heavy (non-hydrogen) atoms. The summed E-state index contributed by atoms with van der Waals surface area (Å²) in [7, 11) is 0. The first-order valence-corrected chi connectivity index (χ1v) is 7.17. The molecule has 1 rings (SSSR count). The smallest absolute Gasteiger partial charge is 0.220 e. The van der Waals surface area contributed by atoms with Crippen LogP contribution < -0.4 is 11.1 Å². The first-order valence-electron chi connectivity index (χ1n) is 7.17. The van der Waals surface area contributed by atoms with Crippen LogP contribution in [-0.4, -0.2) is 12.5 Å². The number of carbonyl (C=O) groups excluding carboxylic acids is 1. The van der Waals surface area contributed by atoms with Crippen molar-refractivity contribution in [3.05, 3.63) is 35.6 Å². The minimum atomic E-state index is -0.271. The average Bonchev–Trinajstić information content (AvgIpc) is 2.37. The van der Waals surface area contributed by atoms with Gasteiger partial charge in [-0.25, -0.2) is 4.39 Å². The van der Waals surface area contributed by atoms with E-state index in [4.69, 9.17) is 5.73 Å². The minimum absolute atomic E-state index is 0.00192. The highest BCUT2D eigenvalue weighted by Crippen LogP contribution is 2.16. The van der Waals surface area contributed by atoms with E-state index < -0.39 is 0 Å². The van der Waals surface area contributed by atoms with E-state index in [1.165, 1.54) is 12.1 Å². The molecule has 0 radical (unpaired) electrons. The highest BCUT2D eigenvalue weighted by atomic mass is 19.1. The number of halogens is 1. The van der Waals surface area contributed by atoms with E-state index in [0.29, 0.717) is 18.9 Å². The van der Waals surface area contributed by atoms with E-state index in [1.54, 1.807) is 12.1 Å². The molecule has 1 aromatic carbocycles. The third-order valence-corrected chi connectivity index (χ3v) is 3.36. The van der Waals surface area contributed by atoms with Gasteiger partial charge in [0.25, 0.3) is 0 Å². The van der Waals surface area contributed by atoms with Gasteiger partial charge in [-0.3, -0.25) is 4.79 Å². The fraction of sp³-hybridized carbons (Fsp3) is 0.562. The second-order valence-corrected chi connectivity index (χ2v) is 5.78. The van der Waals surface area contributed by atoms with Gasteiger partial charge in [0, 0.05) is 6.42 Å². The quantitative estimate of drug-likeness (QED) is 0.806. The summed E-state index contributed by atoms with van der Waals surface area (Å²) in [6.45, 7) is 6.67. The summed E-state index contributed by atoms with van der Waals surface area (Å²) in [6, 6.07) is 6.06. The number of rotatable bonds is 7. The van der Waals surface area contributed by atoms with Gasteiger partial charge in [-0.15, -0.1) is 0 Å². The molecule has 1 aromatic rings. The fourth-order valence-electron chi connectivity index (χ4n) is 2.33. The van der Waals surface area contributed by atoms with Crippen molar-refractivity contribution in [1.29, 1.82) is 0 Å². The molecule has 0 aliphatic heterocycles. The molecule has 0 saturated heterocycles. The summed E-state index contributed by atoms with van der Waals surface area (Å²) >= 11 is 0. The topological polar surface area (TPSA) is 55.1 Å². The molecule has 112 valence electrons. The number of amides is 1. The molecule has 0 aliphatic rings. The van der Waals surface area contributed by atoms with Crippen LogP contribution in [0.25, 0.3) is 0 Å². The highest BCUT2D eigenvalue weighted by Gasteiger charge is 2.16. The number of hydrogen-bond acceptors (Lipinski definition) is 2. The number of carbonyl (C=O) groups is 1. The van der Waals surface area contributed by atoms with Crippen molar-refractivity contribution in [3.63, 3.8) is 0 Å². The first-order chi connectivity index (χ1) is 9.42. The van der Waals surface area contributed by atoms with E-state index in [-0.39, 0.29) is 23.7 Å². The third kappa shape index (κ3) is 5.70. The minimum Gasteiger partial charge on any atom is -0.350 e. The Morgan fingerprint density at radius 1 is 1.25 bits per heavy atom. The average molecular weight is 280 g/mol. The van der Waals surface area contributed by atoms with Gasteiger partial charge in [0.15, 0.2) is 0 Å². The van der Waals surface area contributed by atoms with E-state index in [1.807, 2.05) is 6.92 Å². The number of nitrogens with two attached hydrogens (primary N) is 1. The summed E-state index contributed by atoms with van der Waals surface area (Å²) in [6.07, 6.45) is 1.40. The lowest BCUT2D eigenvalue weighted by atomic mass is 9.94. The van der Waals surface area contributed by atoms with Crippen LogP contribution in [-0.2, 0) is 4.79 Å².